The second kappa shape index (κ2) is 7.07. The number of fused-ring (bicyclic) bond motifs is 1. The monoisotopic (exact) mass is 364 g/mol. The van der Waals surface area contributed by atoms with Crippen LogP contribution in [0.4, 0.5) is 0 Å². The van der Waals surface area contributed by atoms with E-state index in [-0.39, 0.29) is 11.6 Å². The van der Waals surface area contributed by atoms with Crippen molar-refractivity contribution in [3.63, 3.8) is 0 Å². The first-order chi connectivity index (χ1) is 11.9. The highest BCUT2D eigenvalue weighted by molar-refractivity contribution is 6.45. The van der Waals surface area contributed by atoms with Crippen LogP contribution in [0.5, 0.6) is 11.6 Å². The Kier molecular flexibility index (Phi) is 5.03. The molecule has 0 radical (unpaired) electrons. The van der Waals surface area contributed by atoms with E-state index in [1.54, 1.807) is 19.2 Å². The number of hydrogen-bond acceptors (Lipinski definition) is 6. The summed E-state index contributed by atoms with van der Waals surface area (Å²) in [5.41, 5.74) is 0. The molecular weight excluding hydrogens is 346 g/mol. The predicted molar refractivity (Wildman–Crippen MR) is 94.3 cm³/mol. The third-order valence-corrected chi connectivity index (χ3v) is 4.51. The molecule has 9 heteroatoms. The smallest absolute Gasteiger partial charge is 0.377 e. The zero-order valence-corrected chi connectivity index (χ0v) is 14.6. The lowest BCUT2D eigenvalue weighted by Crippen LogP contribution is -2.45. The molecule has 1 fully saturated rings. The quantitative estimate of drug-likeness (QED) is 0.618. The van der Waals surface area contributed by atoms with Gasteiger partial charge in [-0.15, -0.1) is 0 Å². The first kappa shape index (κ1) is 17.8. The fourth-order valence-corrected chi connectivity index (χ4v) is 3.30. The van der Waals surface area contributed by atoms with Gasteiger partial charge in [-0.3, -0.25) is 4.79 Å². The summed E-state index contributed by atoms with van der Waals surface area (Å²) in [6, 6.07) is 6.36. The van der Waals surface area contributed by atoms with E-state index < -0.39 is 25.2 Å². The van der Waals surface area contributed by atoms with Gasteiger partial charge >= 0.3 is 13.0 Å². The highest BCUT2D eigenvalue weighted by atomic mass is 35.5. The molecule has 2 atom stereocenters. The molecule has 25 heavy (non-hydrogen) atoms. The number of hydrogen-bond donors (Lipinski definition) is 2. The summed E-state index contributed by atoms with van der Waals surface area (Å²) in [5, 5.41) is 21.0. The van der Waals surface area contributed by atoms with Crippen molar-refractivity contribution in [3.05, 3.63) is 29.4 Å². The van der Waals surface area contributed by atoms with Crippen LogP contribution in [0.15, 0.2) is 24.3 Å². The first-order valence-corrected chi connectivity index (χ1v) is 8.24. The second-order valence-electron chi connectivity index (χ2n) is 6.00. The van der Waals surface area contributed by atoms with E-state index in [9.17, 15) is 14.9 Å². The van der Waals surface area contributed by atoms with Crippen LogP contribution in [0.3, 0.4) is 0 Å². The number of nitrogens with zero attached hydrogens (tertiary/aromatic N) is 2. The van der Waals surface area contributed by atoms with Crippen LogP contribution in [0.1, 0.15) is 6.42 Å². The number of aliphatic carboxylic acids is 1. The predicted octanol–water partition coefficient (Wildman–Crippen LogP) is 1.91. The fourth-order valence-electron chi connectivity index (χ4n) is 3.11. The summed E-state index contributed by atoms with van der Waals surface area (Å²) in [6.45, 7) is 1.83. The number of carboxylic acid groups (broad SMARTS) is 1. The summed E-state index contributed by atoms with van der Waals surface area (Å²) in [5.74, 6) is 0.0418. The molecule has 0 saturated carbocycles. The molecule has 3 rings (SSSR count). The third-order valence-electron chi connectivity index (χ3n) is 4.32. The zero-order chi connectivity index (χ0) is 18.1. The molecule has 0 aliphatic carbocycles. The Labute approximate surface area is 150 Å². The normalized spacial score (nSPS) is 20.6. The Balaban J connectivity index is 1.89. The molecule has 2 unspecified atom stereocenters. The topological polar surface area (TPSA) is 92.1 Å². The number of aromatic nitrogens is 1. The zero-order valence-electron chi connectivity index (χ0n) is 13.8. The first-order valence-electron chi connectivity index (χ1n) is 7.86. The molecule has 2 aromatic rings. The molecule has 1 aliphatic rings. The largest absolute Gasteiger partial charge is 0.497 e. The molecule has 7 nitrogen and oxygen atoms in total. The van der Waals surface area contributed by atoms with E-state index in [2.05, 4.69) is 4.98 Å². The van der Waals surface area contributed by atoms with E-state index >= 15 is 0 Å². The number of carbonyl (C=O) groups is 1. The van der Waals surface area contributed by atoms with E-state index in [4.69, 9.17) is 21.1 Å². The third kappa shape index (κ3) is 3.66. The average Bonchev–Trinajstić information content (AvgIpc) is 2.98. The van der Waals surface area contributed by atoms with E-state index in [1.807, 2.05) is 12.1 Å². The van der Waals surface area contributed by atoms with Crippen molar-refractivity contribution < 1.29 is 24.4 Å². The molecule has 1 aromatic heterocycles. The fraction of sp³-hybridized carbons (Fsp3) is 0.375. The molecular formula is C16H18BClN2O5. The molecule has 1 saturated heterocycles. The van der Waals surface area contributed by atoms with Crippen molar-refractivity contribution >= 4 is 35.4 Å². The number of rotatable bonds is 5. The Hall–Kier alpha value is -2.03. The lowest BCUT2D eigenvalue weighted by atomic mass is 9.84. The summed E-state index contributed by atoms with van der Waals surface area (Å²) in [6.07, 6.45) is -0.154. The average molecular weight is 365 g/mol. The van der Waals surface area contributed by atoms with Crippen molar-refractivity contribution in [3.8, 4) is 11.6 Å². The Morgan fingerprint density at radius 1 is 1.44 bits per heavy atom. The van der Waals surface area contributed by atoms with Crippen molar-refractivity contribution in [2.75, 3.05) is 13.7 Å². The minimum Gasteiger partial charge on any atom is -0.497 e. The van der Waals surface area contributed by atoms with Crippen molar-refractivity contribution in [1.29, 1.82) is 0 Å². The van der Waals surface area contributed by atoms with Crippen LogP contribution in [0, 0.1) is 0 Å². The second-order valence-corrected chi connectivity index (χ2v) is 6.38. The van der Waals surface area contributed by atoms with E-state index in [1.165, 1.54) is 11.6 Å². The lowest BCUT2D eigenvalue weighted by Gasteiger charge is -2.21. The van der Waals surface area contributed by atoms with Crippen molar-refractivity contribution in [1.82, 2.24) is 9.79 Å². The van der Waals surface area contributed by atoms with Gasteiger partial charge in [-0.05, 0) is 36.5 Å². The molecule has 132 valence electrons. The lowest BCUT2D eigenvalue weighted by molar-refractivity contribution is -0.141. The van der Waals surface area contributed by atoms with Crippen LogP contribution >= 0.6 is 11.6 Å². The molecule has 0 bridgehead atoms. The number of carboxylic acids is 1. The number of benzene rings is 1. The van der Waals surface area contributed by atoms with Gasteiger partial charge in [-0.1, -0.05) is 11.6 Å². The SMILES string of the molecule is COc1ccc2c(OC3CC(C(=O)O)N(B(C)O)C3)nc(Cl)cc2c1. The molecule has 2 N–H and O–H groups in total. The summed E-state index contributed by atoms with van der Waals surface area (Å²) in [4.78, 5) is 17.1. The van der Waals surface area contributed by atoms with Crippen LogP contribution in [0.25, 0.3) is 10.8 Å². The van der Waals surface area contributed by atoms with Gasteiger partial charge in [-0.25, -0.2) is 4.98 Å². The van der Waals surface area contributed by atoms with Crippen LogP contribution in [-0.4, -0.2) is 58.7 Å². The van der Waals surface area contributed by atoms with Crippen molar-refractivity contribution in [2.24, 2.45) is 0 Å². The van der Waals surface area contributed by atoms with Crippen LogP contribution in [0.2, 0.25) is 12.0 Å². The summed E-state index contributed by atoms with van der Waals surface area (Å²) in [7, 11) is 0.708. The van der Waals surface area contributed by atoms with Gasteiger partial charge in [0.15, 0.2) is 0 Å². The van der Waals surface area contributed by atoms with Crippen molar-refractivity contribution in [2.45, 2.75) is 25.4 Å². The molecule has 1 aliphatic heterocycles. The summed E-state index contributed by atoms with van der Waals surface area (Å²) >= 11 is 6.09. The maximum atomic E-state index is 11.4. The van der Waals surface area contributed by atoms with E-state index in [0.29, 0.717) is 18.2 Å². The Bertz CT molecular complexity index is 803. The minimum atomic E-state index is -0.986. The number of pyridine rings is 1. The number of methoxy groups -OCH3 is 1. The number of halogens is 1. The van der Waals surface area contributed by atoms with Gasteiger partial charge in [0.2, 0.25) is 5.88 Å². The molecule has 0 spiro atoms. The minimum absolute atomic E-state index is 0.256. The summed E-state index contributed by atoms with van der Waals surface area (Å²) < 4.78 is 11.2. The van der Waals surface area contributed by atoms with Crippen LogP contribution in [-0.2, 0) is 4.79 Å². The van der Waals surface area contributed by atoms with E-state index in [0.717, 1.165) is 10.8 Å². The van der Waals surface area contributed by atoms with Crippen LogP contribution < -0.4 is 9.47 Å². The number of ether oxygens (including phenoxy) is 2. The van der Waals surface area contributed by atoms with Gasteiger partial charge in [0.25, 0.3) is 0 Å². The van der Waals surface area contributed by atoms with Gasteiger partial charge in [-0.2, -0.15) is 0 Å². The molecule has 2 heterocycles. The van der Waals surface area contributed by atoms with Gasteiger partial charge in [0.05, 0.1) is 7.11 Å². The maximum Gasteiger partial charge on any atom is 0.377 e. The Morgan fingerprint density at radius 3 is 2.80 bits per heavy atom. The standard InChI is InChI=1S/C16H18BClN2O5/c1-17(23)20-8-11(7-13(20)16(21)22)25-15-12-4-3-10(24-2)5-9(12)6-14(18)19-15/h3-6,11,13,23H,7-8H2,1-2H3,(H,21,22). The van der Waals surface area contributed by atoms with Gasteiger partial charge in [0, 0.05) is 18.4 Å². The highest BCUT2D eigenvalue weighted by Gasteiger charge is 2.41. The highest BCUT2D eigenvalue weighted by Crippen LogP contribution is 2.32. The molecule has 0 amide bonds. The maximum absolute atomic E-state index is 11.4. The molecule has 1 aromatic carbocycles. The van der Waals surface area contributed by atoms with Gasteiger partial charge < -0.3 is 24.4 Å². The Morgan fingerprint density at radius 2 is 2.20 bits per heavy atom. The van der Waals surface area contributed by atoms with Gasteiger partial charge in [0.1, 0.15) is 23.0 Å².